The zero-order valence-electron chi connectivity index (χ0n) is 22.0. The van der Waals surface area contributed by atoms with E-state index in [0.717, 1.165) is 35.7 Å². The summed E-state index contributed by atoms with van der Waals surface area (Å²) in [6, 6.07) is 10.6. The molecule has 208 valence electrons. The molecule has 4 aromatic rings. The molecule has 1 fully saturated rings. The van der Waals surface area contributed by atoms with Crippen LogP contribution in [0.1, 0.15) is 58.9 Å². The summed E-state index contributed by atoms with van der Waals surface area (Å²) >= 11 is 2.79. The number of amides is 2. The molecule has 0 radical (unpaired) electrons. The number of rotatable bonds is 10. The van der Waals surface area contributed by atoms with Gasteiger partial charge in [0.05, 0.1) is 38.4 Å². The van der Waals surface area contributed by atoms with Gasteiger partial charge >= 0.3 is 0 Å². The van der Waals surface area contributed by atoms with E-state index in [1.165, 1.54) is 36.9 Å². The Morgan fingerprint density at radius 2 is 1.25 bits per heavy atom. The SMILES string of the molecule is COc1cccc(CC(=O)Nc2nnc(C3CCCC(c4nnc(NC(=O)Cc5cccc(OC)n5)s4)C3)s2)n1. The van der Waals surface area contributed by atoms with Crippen LogP contribution < -0.4 is 20.1 Å². The minimum absolute atomic E-state index is 0.115. The zero-order valence-corrected chi connectivity index (χ0v) is 23.6. The molecular formula is C26H28N8O4S2. The first-order valence-corrected chi connectivity index (χ1v) is 14.4. The Kier molecular flexibility index (Phi) is 8.86. The number of carbonyl (C=O) groups excluding carboxylic acids is 2. The molecule has 2 atom stereocenters. The minimum Gasteiger partial charge on any atom is -0.481 e. The predicted octanol–water partition coefficient (Wildman–Crippen LogP) is 4.00. The lowest BCUT2D eigenvalue weighted by atomic mass is 9.82. The third-order valence-electron chi connectivity index (χ3n) is 6.41. The van der Waals surface area contributed by atoms with Crippen molar-refractivity contribution in [3.63, 3.8) is 0 Å². The summed E-state index contributed by atoms with van der Waals surface area (Å²) in [6.07, 6.45) is 4.08. The molecule has 4 aromatic heterocycles. The first-order valence-electron chi connectivity index (χ1n) is 12.8. The van der Waals surface area contributed by atoms with Crippen LogP contribution in [0.4, 0.5) is 10.3 Å². The van der Waals surface area contributed by atoms with Gasteiger partial charge in [0.1, 0.15) is 10.0 Å². The van der Waals surface area contributed by atoms with Gasteiger partial charge < -0.3 is 20.1 Å². The lowest BCUT2D eigenvalue weighted by Crippen LogP contribution is -2.15. The van der Waals surface area contributed by atoms with Gasteiger partial charge in [0.25, 0.3) is 0 Å². The summed E-state index contributed by atoms with van der Waals surface area (Å²) in [5.41, 5.74) is 1.22. The molecule has 0 spiro atoms. The van der Waals surface area contributed by atoms with Crippen LogP contribution in [-0.4, -0.2) is 56.4 Å². The highest BCUT2D eigenvalue weighted by molar-refractivity contribution is 7.15. The van der Waals surface area contributed by atoms with E-state index in [4.69, 9.17) is 9.47 Å². The number of hydrogen-bond donors (Lipinski definition) is 2. The quantitative estimate of drug-likeness (QED) is 0.281. The van der Waals surface area contributed by atoms with Crippen molar-refractivity contribution in [2.45, 2.75) is 50.4 Å². The van der Waals surface area contributed by atoms with Gasteiger partial charge in [-0.15, -0.1) is 20.4 Å². The third kappa shape index (κ3) is 7.12. The molecule has 2 amide bonds. The second-order valence-electron chi connectivity index (χ2n) is 9.24. The standard InChI is InChI=1S/C26H28N8O4S2/c1-37-21-10-4-8-17(27-21)13-19(35)29-25-33-31-23(39-25)15-6-3-7-16(12-15)24-32-34-26(40-24)30-20(36)14-18-9-5-11-22(28-18)38-2/h4-5,8-11,15-16H,3,6-7,12-14H2,1-2H3,(H,29,33,35)(H,30,34,36). The van der Waals surface area contributed by atoms with Crippen LogP contribution >= 0.6 is 22.7 Å². The maximum Gasteiger partial charge on any atom is 0.232 e. The molecule has 0 aliphatic heterocycles. The number of anilines is 2. The van der Waals surface area contributed by atoms with Crippen molar-refractivity contribution in [2.24, 2.45) is 0 Å². The fourth-order valence-corrected chi connectivity index (χ4v) is 6.35. The number of aromatic nitrogens is 6. The monoisotopic (exact) mass is 580 g/mol. The molecule has 1 aliphatic carbocycles. The largest absolute Gasteiger partial charge is 0.481 e. The van der Waals surface area contributed by atoms with Crippen molar-refractivity contribution in [3.8, 4) is 11.8 Å². The van der Waals surface area contributed by atoms with Crippen LogP contribution in [0.15, 0.2) is 36.4 Å². The first kappa shape index (κ1) is 27.5. The number of methoxy groups -OCH3 is 2. The van der Waals surface area contributed by atoms with Crippen molar-refractivity contribution in [1.29, 1.82) is 0 Å². The van der Waals surface area contributed by atoms with Gasteiger partial charge in [0.2, 0.25) is 33.8 Å². The average Bonchev–Trinajstić information content (AvgIpc) is 3.63. The number of pyridine rings is 2. The molecule has 4 heterocycles. The molecular weight excluding hydrogens is 552 g/mol. The molecule has 2 N–H and O–H groups in total. The summed E-state index contributed by atoms with van der Waals surface area (Å²) in [7, 11) is 3.07. The number of ether oxygens (including phenoxy) is 2. The molecule has 1 saturated carbocycles. The summed E-state index contributed by atoms with van der Waals surface area (Å²) in [6.45, 7) is 0. The molecule has 2 unspecified atom stereocenters. The van der Waals surface area contributed by atoms with Gasteiger partial charge in [0, 0.05) is 24.0 Å². The Bertz CT molecular complexity index is 1370. The Morgan fingerprint density at radius 3 is 1.70 bits per heavy atom. The second kappa shape index (κ2) is 12.9. The number of hydrogen-bond acceptors (Lipinski definition) is 12. The summed E-state index contributed by atoms with van der Waals surface area (Å²) in [5, 5.41) is 25.5. The highest BCUT2D eigenvalue weighted by Gasteiger charge is 2.29. The highest BCUT2D eigenvalue weighted by Crippen LogP contribution is 2.43. The van der Waals surface area contributed by atoms with Crippen molar-refractivity contribution in [2.75, 3.05) is 24.9 Å². The zero-order chi connectivity index (χ0) is 27.9. The Hall–Kier alpha value is -4.04. The van der Waals surface area contributed by atoms with Crippen molar-refractivity contribution in [1.82, 2.24) is 30.4 Å². The minimum atomic E-state index is -0.212. The first-order chi connectivity index (χ1) is 19.5. The van der Waals surface area contributed by atoms with Crippen LogP contribution in [0.3, 0.4) is 0 Å². The summed E-state index contributed by atoms with van der Waals surface area (Å²) < 4.78 is 10.2. The van der Waals surface area contributed by atoms with E-state index in [9.17, 15) is 9.59 Å². The van der Waals surface area contributed by atoms with Crippen LogP contribution in [0.2, 0.25) is 0 Å². The van der Waals surface area contributed by atoms with Gasteiger partial charge in [-0.05, 0) is 31.4 Å². The highest BCUT2D eigenvalue weighted by atomic mass is 32.1. The molecule has 0 saturated heterocycles. The number of carbonyl (C=O) groups is 2. The maximum absolute atomic E-state index is 12.5. The van der Waals surface area contributed by atoms with E-state index in [1.54, 1.807) is 36.4 Å². The molecule has 5 rings (SSSR count). The Morgan fingerprint density at radius 1 is 0.775 bits per heavy atom. The van der Waals surface area contributed by atoms with Crippen molar-refractivity contribution in [3.05, 3.63) is 57.8 Å². The van der Waals surface area contributed by atoms with Crippen LogP contribution in [0.5, 0.6) is 11.8 Å². The Balaban J connectivity index is 1.14. The van der Waals surface area contributed by atoms with Gasteiger partial charge in [-0.3, -0.25) is 9.59 Å². The number of nitrogens with zero attached hydrogens (tertiary/aromatic N) is 6. The van der Waals surface area contributed by atoms with E-state index in [0.29, 0.717) is 33.4 Å². The van der Waals surface area contributed by atoms with Crippen molar-refractivity contribution >= 4 is 44.8 Å². The van der Waals surface area contributed by atoms with E-state index in [1.807, 2.05) is 0 Å². The topological polar surface area (TPSA) is 154 Å². The Labute approximate surface area is 238 Å². The smallest absolute Gasteiger partial charge is 0.232 e. The predicted molar refractivity (Wildman–Crippen MR) is 150 cm³/mol. The molecule has 14 heteroatoms. The average molecular weight is 581 g/mol. The fraction of sp³-hybridized carbons (Fsp3) is 0.385. The maximum atomic E-state index is 12.5. The van der Waals surface area contributed by atoms with Gasteiger partial charge in [-0.25, -0.2) is 9.97 Å². The lowest BCUT2D eigenvalue weighted by molar-refractivity contribution is -0.116. The van der Waals surface area contributed by atoms with E-state index in [-0.39, 0.29) is 36.5 Å². The van der Waals surface area contributed by atoms with Crippen molar-refractivity contribution < 1.29 is 19.1 Å². The summed E-state index contributed by atoms with van der Waals surface area (Å²) in [5.74, 6) is 0.925. The van der Waals surface area contributed by atoms with Gasteiger partial charge in [-0.1, -0.05) is 41.2 Å². The lowest BCUT2D eigenvalue weighted by Gasteiger charge is -2.25. The van der Waals surface area contributed by atoms with E-state index < -0.39 is 0 Å². The number of nitrogens with one attached hydrogen (secondary N) is 2. The van der Waals surface area contributed by atoms with Gasteiger partial charge in [0.15, 0.2) is 0 Å². The molecule has 1 aliphatic rings. The molecule has 40 heavy (non-hydrogen) atoms. The summed E-state index contributed by atoms with van der Waals surface area (Å²) in [4.78, 5) is 33.6. The normalized spacial score (nSPS) is 16.8. The molecule has 0 bridgehead atoms. The van der Waals surface area contributed by atoms with Crippen LogP contribution in [-0.2, 0) is 22.4 Å². The van der Waals surface area contributed by atoms with Crippen LogP contribution in [0, 0.1) is 0 Å². The van der Waals surface area contributed by atoms with Gasteiger partial charge in [-0.2, -0.15) is 0 Å². The molecule has 0 aromatic carbocycles. The van der Waals surface area contributed by atoms with E-state index in [2.05, 4.69) is 41.0 Å². The second-order valence-corrected chi connectivity index (χ2v) is 11.3. The van der Waals surface area contributed by atoms with E-state index >= 15 is 0 Å². The fourth-order valence-electron chi connectivity index (χ4n) is 4.53. The van der Waals surface area contributed by atoms with Crippen LogP contribution in [0.25, 0.3) is 0 Å². The molecule has 12 nitrogen and oxygen atoms in total. The third-order valence-corrected chi connectivity index (χ3v) is 8.41.